The van der Waals surface area contributed by atoms with Crippen molar-refractivity contribution in [1.29, 1.82) is 5.41 Å². The molecule has 0 fully saturated rings. The normalized spacial score (nSPS) is 12.2. The highest BCUT2D eigenvalue weighted by Gasteiger charge is 2.26. The Kier molecular flexibility index (Phi) is 6.92. The van der Waals surface area contributed by atoms with E-state index in [4.69, 9.17) is 5.41 Å². The molecule has 4 N–H and O–H groups in total. The van der Waals surface area contributed by atoms with Crippen LogP contribution in [0.2, 0.25) is 0 Å². The fraction of sp³-hybridized carbons (Fsp3) is 0.227. The summed E-state index contributed by atoms with van der Waals surface area (Å²) in [4.78, 5) is 20.2. The van der Waals surface area contributed by atoms with Crippen molar-refractivity contribution in [2.24, 2.45) is 5.92 Å². The molecular formula is C22H23F2N5O3S. The maximum Gasteiger partial charge on any atom is 0.233 e. The number of nitrogens with one attached hydrogen (secondary N) is 4. The van der Waals surface area contributed by atoms with Gasteiger partial charge >= 0.3 is 0 Å². The minimum atomic E-state index is -3.90. The van der Waals surface area contributed by atoms with Crippen LogP contribution < -0.4 is 10.0 Å². The number of pyridine rings is 1. The van der Waals surface area contributed by atoms with E-state index in [9.17, 15) is 17.6 Å². The summed E-state index contributed by atoms with van der Waals surface area (Å²) in [5.41, 5.74) is -0.146. The van der Waals surface area contributed by atoms with Crippen LogP contribution in [0.3, 0.4) is 0 Å². The van der Waals surface area contributed by atoms with Crippen LogP contribution in [0.15, 0.2) is 36.8 Å². The standard InChI is InChI=1S/C22H23F2N5O3S/c1-12(2)11-33(31,32)29-18-5-4-17(23)19(20(18)24)21(30)16-10-28-22-15(16)6-13(9-27-22)14(7-25)8-26-3/h4-10,12,25-26,29H,11H2,1-3H3,(H,27,28)/b14-8+,25-7?. The smallest absolute Gasteiger partial charge is 0.233 e. The van der Waals surface area contributed by atoms with Crippen LogP contribution in [0, 0.1) is 23.0 Å². The zero-order valence-electron chi connectivity index (χ0n) is 18.2. The van der Waals surface area contributed by atoms with Gasteiger partial charge in [-0.3, -0.25) is 9.52 Å². The fourth-order valence-electron chi connectivity index (χ4n) is 3.34. The molecule has 0 aliphatic rings. The van der Waals surface area contributed by atoms with E-state index in [0.717, 1.165) is 18.3 Å². The average Bonchev–Trinajstić information content (AvgIpc) is 3.16. The number of halogens is 2. The van der Waals surface area contributed by atoms with Crippen LogP contribution in [-0.4, -0.2) is 43.2 Å². The van der Waals surface area contributed by atoms with Crippen molar-refractivity contribution in [1.82, 2.24) is 15.3 Å². The molecule has 2 aromatic heterocycles. The summed E-state index contributed by atoms with van der Waals surface area (Å²) < 4.78 is 56.2. The Morgan fingerprint density at radius 3 is 2.67 bits per heavy atom. The lowest BCUT2D eigenvalue weighted by atomic mass is 10.00. The number of aromatic amines is 1. The highest BCUT2D eigenvalue weighted by molar-refractivity contribution is 7.92. The highest BCUT2D eigenvalue weighted by Crippen LogP contribution is 2.28. The second-order valence-corrected chi connectivity index (χ2v) is 9.51. The summed E-state index contributed by atoms with van der Waals surface area (Å²) in [6.45, 7) is 3.37. The number of anilines is 1. The Morgan fingerprint density at radius 2 is 2.03 bits per heavy atom. The molecule has 3 aromatic rings. The maximum atomic E-state index is 15.1. The van der Waals surface area contributed by atoms with Crippen molar-refractivity contribution < 1.29 is 22.0 Å². The third-order valence-electron chi connectivity index (χ3n) is 4.70. The van der Waals surface area contributed by atoms with Gasteiger partial charge in [-0.2, -0.15) is 0 Å². The number of aromatic nitrogens is 2. The quantitative estimate of drug-likeness (QED) is 0.277. The van der Waals surface area contributed by atoms with Gasteiger partial charge in [0, 0.05) is 53.9 Å². The van der Waals surface area contributed by atoms with Crippen molar-refractivity contribution in [3.63, 3.8) is 0 Å². The Morgan fingerprint density at radius 1 is 1.30 bits per heavy atom. The molecule has 0 atom stereocenters. The fourth-order valence-corrected chi connectivity index (χ4v) is 4.79. The molecule has 0 spiro atoms. The van der Waals surface area contributed by atoms with Crippen LogP contribution in [0.4, 0.5) is 14.5 Å². The highest BCUT2D eigenvalue weighted by atomic mass is 32.2. The van der Waals surface area contributed by atoms with E-state index < -0.39 is 38.7 Å². The van der Waals surface area contributed by atoms with Crippen LogP contribution >= 0.6 is 0 Å². The van der Waals surface area contributed by atoms with Gasteiger partial charge in [0.15, 0.2) is 5.82 Å². The molecule has 2 heterocycles. The first-order valence-electron chi connectivity index (χ1n) is 9.96. The van der Waals surface area contributed by atoms with E-state index in [1.807, 2.05) is 0 Å². The van der Waals surface area contributed by atoms with Gasteiger partial charge in [0.2, 0.25) is 15.8 Å². The molecule has 0 aliphatic heterocycles. The number of hydrogen-bond donors (Lipinski definition) is 4. The van der Waals surface area contributed by atoms with E-state index in [1.165, 1.54) is 12.4 Å². The summed E-state index contributed by atoms with van der Waals surface area (Å²) in [6.07, 6.45) is 5.44. The molecular weight excluding hydrogens is 452 g/mol. The number of nitrogens with zero attached hydrogens (tertiary/aromatic N) is 1. The third-order valence-corrected chi connectivity index (χ3v) is 6.34. The topological polar surface area (TPSA) is 128 Å². The Balaban J connectivity index is 2.08. The molecule has 0 unspecified atom stereocenters. The monoisotopic (exact) mass is 475 g/mol. The van der Waals surface area contributed by atoms with Crippen molar-refractivity contribution in [2.75, 3.05) is 17.5 Å². The summed E-state index contributed by atoms with van der Waals surface area (Å²) in [7, 11) is -2.24. The Bertz CT molecular complexity index is 1360. The number of rotatable bonds is 9. The number of carbonyl (C=O) groups excluding carboxylic acids is 1. The average molecular weight is 476 g/mol. The summed E-state index contributed by atoms with van der Waals surface area (Å²) in [6, 6.07) is 3.35. The van der Waals surface area contributed by atoms with Gasteiger partial charge in [0.05, 0.1) is 17.0 Å². The molecule has 0 saturated carbocycles. The van der Waals surface area contributed by atoms with Gasteiger partial charge in [0.1, 0.15) is 11.5 Å². The molecule has 3 rings (SSSR count). The molecule has 0 amide bonds. The van der Waals surface area contributed by atoms with Crippen molar-refractivity contribution in [3.8, 4) is 0 Å². The van der Waals surface area contributed by atoms with Gasteiger partial charge < -0.3 is 15.7 Å². The minimum absolute atomic E-state index is 0.0480. The van der Waals surface area contributed by atoms with Crippen molar-refractivity contribution in [3.05, 3.63) is 65.1 Å². The first-order chi connectivity index (χ1) is 15.6. The van der Waals surface area contributed by atoms with Gasteiger partial charge in [-0.15, -0.1) is 0 Å². The number of sulfonamides is 1. The number of fused-ring (bicyclic) bond motifs is 1. The van der Waals surface area contributed by atoms with E-state index in [-0.39, 0.29) is 17.2 Å². The summed E-state index contributed by atoms with van der Waals surface area (Å²) in [5.74, 6) is -3.89. The molecule has 0 aliphatic carbocycles. The largest absolute Gasteiger partial charge is 0.393 e. The first kappa shape index (κ1) is 24.1. The van der Waals surface area contributed by atoms with Crippen molar-refractivity contribution in [2.45, 2.75) is 13.8 Å². The zero-order valence-corrected chi connectivity index (χ0v) is 19.0. The minimum Gasteiger partial charge on any atom is -0.393 e. The molecule has 1 aromatic carbocycles. The summed E-state index contributed by atoms with van der Waals surface area (Å²) >= 11 is 0. The van der Waals surface area contributed by atoms with Crippen molar-refractivity contribution >= 4 is 44.3 Å². The molecule has 0 bridgehead atoms. The lowest BCUT2D eigenvalue weighted by molar-refractivity contribution is 0.103. The lowest BCUT2D eigenvalue weighted by Gasteiger charge is -2.13. The van der Waals surface area contributed by atoms with Gasteiger partial charge in [-0.05, 0) is 24.1 Å². The zero-order chi connectivity index (χ0) is 24.3. The number of benzene rings is 1. The number of ketones is 1. The van der Waals surface area contributed by atoms with Gasteiger partial charge in [-0.25, -0.2) is 22.2 Å². The molecule has 0 radical (unpaired) electrons. The van der Waals surface area contributed by atoms with Gasteiger partial charge in [0.25, 0.3) is 0 Å². The molecule has 8 nitrogen and oxygen atoms in total. The first-order valence-corrected chi connectivity index (χ1v) is 11.6. The number of H-pyrrole nitrogens is 1. The second kappa shape index (κ2) is 9.49. The Hall–Kier alpha value is -3.60. The molecule has 174 valence electrons. The number of allylic oxidation sites excluding steroid dienone is 1. The Labute approximate surface area is 189 Å². The van der Waals surface area contributed by atoms with Crippen LogP contribution in [0.25, 0.3) is 16.6 Å². The molecule has 33 heavy (non-hydrogen) atoms. The molecule has 11 heteroatoms. The van der Waals surface area contributed by atoms with Crippen LogP contribution in [-0.2, 0) is 10.0 Å². The number of carbonyl (C=O) groups is 1. The predicted octanol–water partition coefficient (Wildman–Crippen LogP) is 3.68. The SMILES string of the molecule is CN/C=C(\C=N)c1cnc2[nH]cc(C(=O)c3c(F)ccc(NS(=O)(=O)CC(C)C)c3F)c2c1. The van der Waals surface area contributed by atoms with Crippen LogP contribution in [0.5, 0.6) is 0 Å². The van der Waals surface area contributed by atoms with E-state index in [0.29, 0.717) is 22.2 Å². The van der Waals surface area contributed by atoms with Gasteiger partial charge in [-0.1, -0.05) is 13.8 Å². The third kappa shape index (κ3) is 5.08. The number of hydrogen-bond acceptors (Lipinski definition) is 6. The lowest BCUT2D eigenvalue weighted by Crippen LogP contribution is -2.21. The second-order valence-electron chi connectivity index (χ2n) is 7.75. The predicted molar refractivity (Wildman–Crippen MR) is 124 cm³/mol. The maximum absolute atomic E-state index is 15.1. The van der Waals surface area contributed by atoms with E-state index in [1.54, 1.807) is 33.2 Å². The van der Waals surface area contributed by atoms with E-state index in [2.05, 4.69) is 20.0 Å². The molecule has 0 saturated heterocycles. The summed E-state index contributed by atoms with van der Waals surface area (Å²) in [5, 5.41) is 10.6. The van der Waals surface area contributed by atoms with Crippen LogP contribution in [0.1, 0.15) is 35.3 Å². The van der Waals surface area contributed by atoms with E-state index >= 15 is 4.39 Å².